The van der Waals surface area contributed by atoms with Crippen molar-refractivity contribution >= 4 is 17.4 Å². The van der Waals surface area contributed by atoms with Gasteiger partial charge in [-0.15, -0.1) is 0 Å². The summed E-state index contributed by atoms with van der Waals surface area (Å²) < 4.78 is 2.03. The van der Waals surface area contributed by atoms with Crippen molar-refractivity contribution in [2.45, 2.75) is 27.7 Å². The smallest absolute Gasteiger partial charge is 0.257 e. The van der Waals surface area contributed by atoms with Crippen LogP contribution in [0.1, 0.15) is 35.6 Å². The van der Waals surface area contributed by atoms with Gasteiger partial charge in [-0.25, -0.2) is 4.98 Å². The highest BCUT2D eigenvalue weighted by Gasteiger charge is 2.17. The molecule has 1 N–H and O–H groups in total. The summed E-state index contributed by atoms with van der Waals surface area (Å²) in [4.78, 5) is 23.6. The van der Waals surface area contributed by atoms with E-state index >= 15 is 0 Å². The number of rotatable bonds is 6. The monoisotopic (exact) mass is 363 g/mol. The van der Waals surface area contributed by atoms with Crippen molar-refractivity contribution in [1.82, 2.24) is 14.5 Å². The van der Waals surface area contributed by atoms with Crippen LogP contribution in [0.2, 0.25) is 0 Å². The molecule has 0 aromatic carbocycles. The second-order valence-electron chi connectivity index (χ2n) is 6.36. The molecule has 0 radical (unpaired) electrons. The number of carbonyl (C=O) groups is 1. The van der Waals surface area contributed by atoms with Gasteiger partial charge in [0.1, 0.15) is 5.82 Å². The molecule has 0 saturated heterocycles. The van der Waals surface area contributed by atoms with Crippen molar-refractivity contribution in [3.8, 4) is 5.69 Å². The van der Waals surface area contributed by atoms with Gasteiger partial charge in [-0.05, 0) is 58.0 Å². The van der Waals surface area contributed by atoms with E-state index in [-0.39, 0.29) is 5.91 Å². The lowest BCUT2D eigenvalue weighted by Crippen LogP contribution is -2.23. The Morgan fingerprint density at radius 3 is 2.52 bits per heavy atom. The van der Waals surface area contributed by atoms with E-state index in [1.807, 2.05) is 48.7 Å². The summed E-state index contributed by atoms with van der Waals surface area (Å²) in [5, 5.41) is 2.94. The van der Waals surface area contributed by atoms with E-state index in [4.69, 9.17) is 0 Å². The van der Waals surface area contributed by atoms with Crippen LogP contribution in [0.25, 0.3) is 5.69 Å². The highest BCUT2D eigenvalue weighted by molar-refractivity contribution is 6.05. The second kappa shape index (κ2) is 8.03. The lowest BCUT2D eigenvalue weighted by Gasteiger charge is -2.19. The molecule has 3 aromatic rings. The fourth-order valence-electron chi connectivity index (χ4n) is 3.27. The van der Waals surface area contributed by atoms with Crippen LogP contribution in [0.5, 0.6) is 0 Å². The van der Waals surface area contributed by atoms with E-state index in [0.29, 0.717) is 11.3 Å². The summed E-state index contributed by atoms with van der Waals surface area (Å²) in [6.07, 6.45) is 5.23. The molecule has 3 aromatic heterocycles. The minimum absolute atomic E-state index is 0.143. The molecular formula is C21H25N5O. The third kappa shape index (κ3) is 3.84. The molecule has 0 fully saturated rings. The maximum atomic E-state index is 12.8. The Morgan fingerprint density at radius 1 is 1.15 bits per heavy atom. The summed E-state index contributed by atoms with van der Waals surface area (Å²) >= 11 is 0. The van der Waals surface area contributed by atoms with Crippen molar-refractivity contribution in [2.24, 2.45) is 0 Å². The van der Waals surface area contributed by atoms with Gasteiger partial charge in [0.05, 0.1) is 29.3 Å². The standard InChI is InChI=1S/C21H25N5O/c1-5-25(6-2)20-10-9-17(13-23-20)24-21(27)19-12-15(3)26(16(19)4)18-8-7-11-22-14-18/h7-14H,5-6H2,1-4H3,(H,24,27). The number of carbonyl (C=O) groups excluding carboxylic acids is 1. The molecule has 140 valence electrons. The van der Waals surface area contributed by atoms with E-state index in [0.717, 1.165) is 36.0 Å². The predicted molar refractivity (Wildman–Crippen MR) is 109 cm³/mol. The molecule has 0 bridgehead atoms. The second-order valence-corrected chi connectivity index (χ2v) is 6.36. The van der Waals surface area contributed by atoms with Crippen LogP contribution in [-0.4, -0.2) is 33.5 Å². The van der Waals surface area contributed by atoms with Crippen LogP contribution in [0.4, 0.5) is 11.5 Å². The number of anilines is 2. The molecule has 0 saturated carbocycles. The molecule has 0 atom stereocenters. The Labute approximate surface area is 159 Å². The van der Waals surface area contributed by atoms with Gasteiger partial charge in [-0.1, -0.05) is 0 Å². The molecular weight excluding hydrogens is 338 g/mol. The summed E-state index contributed by atoms with van der Waals surface area (Å²) in [5.41, 5.74) is 4.13. The van der Waals surface area contributed by atoms with E-state index < -0.39 is 0 Å². The first-order valence-electron chi connectivity index (χ1n) is 9.16. The lowest BCUT2D eigenvalue weighted by molar-refractivity contribution is 0.102. The zero-order chi connectivity index (χ0) is 19.4. The number of nitrogens with one attached hydrogen (secondary N) is 1. The van der Waals surface area contributed by atoms with Crippen molar-refractivity contribution in [3.63, 3.8) is 0 Å². The third-order valence-corrected chi connectivity index (χ3v) is 4.67. The van der Waals surface area contributed by atoms with Gasteiger partial charge in [0.15, 0.2) is 0 Å². The van der Waals surface area contributed by atoms with Crippen molar-refractivity contribution < 1.29 is 4.79 Å². The Hall–Kier alpha value is -3.15. The Morgan fingerprint density at radius 2 is 1.93 bits per heavy atom. The van der Waals surface area contributed by atoms with Gasteiger partial charge >= 0.3 is 0 Å². The van der Waals surface area contributed by atoms with Gasteiger partial charge in [-0.3, -0.25) is 9.78 Å². The maximum Gasteiger partial charge on any atom is 0.257 e. The van der Waals surface area contributed by atoms with Crippen LogP contribution in [-0.2, 0) is 0 Å². The molecule has 0 aliphatic carbocycles. The zero-order valence-corrected chi connectivity index (χ0v) is 16.2. The van der Waals surface area contributed by atoms with Crippen molar-refractivity contribution in [2.75, 3.05) is 23.3 Å². The Balaban J connectivity index is 1.81. The Bertz CT molecular complexity index is 912. The van der Waals surface area contributed by atoms with Gasteiger partial charge in [0, 0.05) is 30.7 Å². The summed E-state index contributed by atoms with van der Waals surface area (Å²) in [5.74, 6) is 0.767. The number of amides is 1. The van der Waals surface area contributed by atoms with E-state index in [2.05, 4.69) is 34.0 Å². The average Bonchev–Trinajstić information content (AvgIpc) is 2.99. The molecule has 3 rings (SSSR count). The molecule has 6 heteroatoms. The van der Waals surface area contributed by atoms with Crippen molar-refractivity contribution in [1.29, 1.82) is 0 Å². The molecule has 1 amide bonds. The molecule has 3 heterocycles. The number of nitrogens with zero attached hydrogens (tertiary/aromatic N) is 4. The minimum Gasteiger partial charge on any atom is -0.357 e. The molecule has 0 spiro atoms. The van der Waals surface area contributed by atoms with Crippen LogP contribution in [0.15, 0.2) is 48.9 Å². The first-order chi connectivity index (χ1) is 13.0. The topological polar surface area (TPSA) is 63.1 Å². The van der Waals surface area contributed by atoms with Crippen LogP contribution < -0.4 is 10.2 Å². The third-order valence-electron chi connectivity index (χ3n) is 4.67. The fourth-order valence-corrected chi connectivity index (χ4v) is 3.27. The van der Waals surface area contributed by atoms with Gasteiger partial charge in [-0.2, -0.15) is 0 Å². The van der Waals surface area contributed by atoms with Gasteiger partial charge in [0.25, 0.3) is 5.91 Å². The molecule has 0 aliphatic rings. The molecule has 6 nitrogen and oxygen atoms in total. The highest BCUT2D eigenvalue weighted by Crippen LogP contribution is 2.22. The molecule has 0 unspecified atom stereocenters. The average molecular weight is 363 g/mol. The van der Waals surface area contributed by atoms with Gasteiger partial charge < -0.3 is 14.8 Å². The van der Waals surface area contributed by atoms with Gasteiger partial charge in [0.2, 0.25) is 0 Å². The lowest BCUT2D eigenvalue weighted by atomic mass is 10.2. The SMILES string of the molecule is CCN(CC)c1ccc(NC(=O)c2cc(C)n(-c3cccnc3)c2C)cn1. The van der Waals surface area contributed by atoms with Crippen molar-refractivity contribution in [3.05, 3.63) is 65.9 Å². The summed E-state index contributed by atoms with van der Waals surface area (Å²) in [6.45, 7) is 9.91. The highest BCUT2D eigenvalue weighted by atomic mass is 16.1. The minimum atomic E-state index is -0.143. The number of pyridine rings is 2. The first kappa shape index (κ1) is 18.6. The summed E-state index contributed by atoms with van der Waals surface area (Å²) in [6, 6.07) is 9.58. The Kier molecular flexibility index (Phi) is 5.54. The fraction of sp³-hybridized carbons (Fsp3) is 0.286. The number of aryl methyl sites for hydroxylation is 1. The number of hydrogen-bond donors (Lipinski definition) is 1. The van der Waals surface area contributed by atoms with E-state index in [1.54, 1.807) is 18.6 Å². The quantitative estimate of drug-likeness (QED) is 0.719. The number of aromatic nitrogens is 3. The number of hydrogen-bond acceptors (Lipinski definition) is 4. The normalized spacial score (nSPS) is 10.7. The molecule has 0 aliphatic heterocycles. The first-order valence-corrected chi connectivity index (χ1v) is 9.16. The zero-order valence-electron chi connectivity index (χ0n) is 16.2. The van der Waals surface area contributed by atoms with E-state index in [1.165, 1.54) is 0 Å². The largest absolute Gasteiger partial charge is 0.357 e. The van der Waals surface area contributed by atoms with Crippen LogP contribution in [0.3, 0.4) is 0 Å². The predicted octanol–water partition coefficient (Wildman–Crippen LogP) is 3.98. The summed E-state index contributed by atoms with van der Waals surface area (Å²) in [7, 11) is 0. The van der Waals surface area contributed by atoms with E-state index in [9.17, 15) is 4.79 Å². The van der Waals surface area contributed by atoms with Crippen LogP contribution >= 0.6 is 0 Å². The van der Waals surface area contributed by atoms with Crippen LogP contribution in [0, 0.1) is 13.8 Å². The maximum absolute atomic E-state index is 12.8. The molecule has 27 heavy (non-hydrogen) atoms.